The Hall–Kier alpha value is -1.30. The minimum atomic E-state index is -2.54. The first-order chi connectivity index (χ1) is 8.00. The molecule has 0 radical (unpaired) electrons. The fourth-order valence-electron chi connectivity index (χ4n) is 1.61. The van der Waals surface area contributed by atoms with E-state index in [1.807, 2.05) is 6.92 Å². The molecule has 0 aliphatic heterocycles. The van der Waals surface area contributed by atoms with Crippen LogP contribution in [0.1, 0.15) is 17.6 Å². The minimum absolute atomic E-state index is 0.0736. The molecule has 17 heavy (non-hydrogen) atoms. The summed E-state index contributed by atoms with van der Waals surface area (Å²) in [6, 6.07) is 0. The molecule has 0 aliphatic carbocycles. The predicted molar refractivity (Wildman–Crippen MR) is 63.8 cm³/mol. The SMILES string of the molecule is Cc1c(Br)cncc1-c1nn(C)cc1C(F)F. The first-order valence-electron chi connectivity index (χ1n) is 4.93. The molecular formula is C11H10BrF2N3. The van der Waals surface area contributed by atoms with Crippen molar-refractivity contribution in [3.05, 3.63) is 34.2 Å². The van der Waals surface area contributed by atoms with Crippen LogP contribution in [0.4, 0.5) is 8.78 Å². The number of aromatic nitrogens is 3. The van der Waals surface area contributed by atoms with Crippen LogP contribution in [0.5, 0.6) is 0 Å². The number of pyridine rings is 1. The van der Waals surface area contributed by atoms with Crippen molar-refractivity contribution >= 4 is 15.9 Å². The van der Waals surface area contributed by atoms with E-state index in [1.165, 1.54) is 10.9 Å². The van der Waals surface area contributed by atoms with E-state index in [4.69, 9.17) is 0 Å². The Bertz CT molecular complexity index is 552. The maximum absolute atomic E-state index is 12.9. The molecule has 0 saturated carbocycles. The van der Waals surface area contributed by atoms with Gasteiger partial charge >= 0.3 is 0 Å². The van der Waals surface area contributed by atoms with E-state index >= 15 is 0 Å². The summed E-state index contributed by atoms with van der Waals surface area (Å²) in [5.74, 6) is 0. The van der Waals surface area contributed by atoms with E-state index in [1.54, 1.807) is 19.4 Å². The highest BCUT2D eigenvalue weighted by atomic mass is 79.9. The Labute approximate surface area is 106 Å². The van der Waals surface area contributed by atoms with Gasteiger partial charge in [0, 0.05) is 35.7 Å². The quantitative estimate of drug-likeness (QED) is 0.850. The molecule has 3 nitrogen and oxygen atoms in total. The lowest BCUT2D eigenvalue weighted by Gasteiger charge is -2.06. The summed E-state index contributed by atoms with van der Waals surface area (Å²) in [6.45, 7) is 1.84. The van der Waals surface area contributed by atoms with Crippen molar-refractivity contribution in [1.82, 2.24) is 14.8 Å². The highest BCUT2D eigenvalue weighted by Crippen LogP contribution is 2.33. The zero-order valence-electron chi connectivity index (χ0n) is 9.28. The molecular weight excluding hydrogens is 292 g/mol. The van der Waals surface area contributed by atoms with Crippen LogP contribution >= 0.6 is 15.9 Å². The van der Waals surface area contributed by atoms with Gasteiger partial charge in [-0.3, -0.25) is 9.67 Å². The summed E-state index contributed by atoms with van der Waals surface area (Å²) in [7, 11) is 1.62. The Morgan fingerprint density at radius 3 is 2.71 bits per heavy atom. The number of hydrogen-bond donors (Lipinski definition) is 0. The van der Waals surface area contributed by atoms with Gasteiger partial charge in [0.15, 0.2) is 0 Å². The molecule has 0 saturated heterocycles. The predicted octanol–water partition coefficient (Wildman–Crippen LogP) is 3.49. The molecule has 0 atom stereocenters. The monoisotopic (exact) mass is 301 g/mol. The Kier molecular flexibility index (Phi) is 3.24. The molecule has 90 valence electrons. The van der Waals surface area contributed by atoms with E-state index in [2.05, 4.69) is 26.0 Å². The minimum Gasteiger partial charge on any atom is -0.275 e. The van der Waals surface area contributed by atoms with Crippen molar-refractivity contribution in [2.45, 2.75) is 13.3 Å². The molecule has 0 fully saturated rings. The Morgan fingerprint density at radius 2 is 2.06 bits per heavy atom. The van der Waals surface area contributed by atoms with Gasteiger partial charge in [-0.2, -0.15) is 5.10 Å². The maximum Gasteiger partial charge on any atom is 0.267 e. The number of hydrogen-bond acceptors (Lipinski definition) is 2. The van der Waals surface area contributed by atoms with Crippen LogP contribution in [0.25, 0.3) is 11.3 Å². The van der Waals surface area contributed by atoms with Gasteiger partial charge < -0.3 is 0 Å². The third kappa shape index (κ3) is 2.22. The third-order valence-corrected chi connectivity index (χ3v) is 3.30. The molecule has 2 aromatic rings. The summed E-state index contributed by atoms with van der Waals surface area (Å²) in [6.07, 6.45) is 1.97. The zero-order valence-corrected chi connectivity index (χ0v) is 10.9. The molecule has 0 bridgehead atoms. The molecule has 0 aliphatic rings. The largest absolute Gasteiger partial charge is 0.275 e. The first kappa shape index (κ1) is 12.2. The standard InChI is InChI=1S/C11H10BrF2N3/c1-6-7(3-15-4-9(6)12)10-8(11(13)14)5-17(2)16-10/h3-5,11H,1-2H3. The second-order valence-electron chi connectivity index (χ2n) is 3.70. The summed E-state index contributed by atoms with van der Waals surface area (Å²) in [5.41, 5.74) is 1.68. The fraction of sp³-hybridized carbons (Fsp3) is 0.273. The van der Waals surface area contributed by atoms with Crippen LogP contribution in [0.2, 0.25) is 0 Å². The summed E-state index contributed by atoms with van der Waals surface area (Å²) in [4.78, 5) is 3.99. The average molecular weight is 302 g/mol. The van der Waals surface area contributed by atoms with E-state index in [9.17, 15) is 8.78 Å². The number of rotatable bonds is 2. The maximum atomic E-state index is 12.9. The van der Waals surface area contributed by atoms with E-state index in [0.717, 1.165) is 10.0 Å². The second kappa shape index (κ2) is 4.52. The number of alkyl halides is 2. The van der Waals surface area contributed by atoms with Crippen molar-refractivity contribution in [3.8, 4) is 11.3 Å². The van der Waals surface area contributed by atoms with Gasteiger partial charge in [0.25, 0.3) is 6.43 Å². The highest BCUT2D eigenvalue weighted by molar-refractivity contribution is 9.10. The van der Waals surface area contributed by atoms with E-state index in [0.29, 0.717) is 5.56 Å². The third-order valence-electron chi connectivity index (χ3n) is 2.50. The average Bonchev–Trinajstić information content (AvgIpc) is 2.64. The molecule has 0 unspecified atom stereocenters. The van der Waals surface area contributed by atoms with Crippen molar-refractivity contribution in [2.24, 2.45) is 7.05 Å². The van der Waals surface area contributed by atoms with Crippen LogP contribution < -0.4 is 0 Å². The van der Waals surface area contributed by atoms with Crippen LogP contribution in [-0.4, -0.2) is 14.8 Å². The van der Waals surface area contributed by atoms with Crippen molar-refractivity contribution < 1.29 is 8.78 Å². The molecule has 0 aromatic carbocycles. The van der Waals surface area contributed by atoms with Crippen LogP contribution in [0.3, 0.4) is 0 Å². The molecule has 2 aromatic heterocycles. The summed E-state index contributed by atoms with van der Waals surface area (Å²) >= 11 is 3.33. The van der Waals surface area contributed by atoms with E-state index in [-0.39, 0.29) is 11.3 Å². The van der Waals surface area contributed by atoms with Gasteiger partial charge in [-0.25, -0.2) is 8.78 Å². The Morgan fingerprint density at radius 1 is 1.35 bits per heavy atom. The van der Waals surface area contributed by atoms with Gasteiger partial charge in [0.2, 0.25) is 0 Å². The lowest BCUT2D eigenvalue weighted by atomic mass is 10.1. The van der Waals surface area contributed by atoms with Gasteiger partial charge in [0.1, 0.15) is 5.69 Å². The van der Waals surface area contributed by atoms with Crippen LogP contribution in [0, 0.1) is 6.92 Å². The number of nitrogens with zero attached hydrogens (tertiary/aromatic N) is 3. The van der Waals surface area contributed by atoms with Crippen molar-refractivity contribution in [3.63, 3.8) is 0 Å². The first-order valence-corrected chi connectivity index (χ1v) is 5.72. The number of aryl methyl sites for hydroxylation is 1. The second-order valence-corrected chi connectivity index (χ2v) is 4.56. The fourth-order valence-corrected chi connectivity index (χ4v) is 1.95. The van der Waals surface area contributed by atoms with Crippen LogP contribution in [0.15, 0.2) is 23.1 Å². The lowest BCUT2D eigenvalue weighted by molar-refractivity contribution is 0.152. The molecule has 2 rings (SSSR count). The molecule has 2 heterocycles. The highest BCUT2D eigenvalue weighted by Gasteiger charge is 2.20. The normalized spacial score (nSPS) is 11.2. The molecule has 0 amide bonds. The van der Waals surface area contributed by atoms with Gasteiger partial charge in [0.05, 0.1) is 5.56 Å². The molecule has 0 N–H and O–H groups in total. The smallest absolute Gasteiger partial charge is 0.267 e. The molecule has 6 heteroatoms. The Balaban J connectivity index is 2.64. The van der Waals surface area contributed by atoms with Crippen molar-refractivity contribution in [1.29, 1.82) is 0 Å². The van der Waals surface area contributed by atoms with Gasteiger partial charge in [-0.1, -0.05) is 0 Å². The summed E-state index contributed by atoms with van der Waals surface area (Å²) in [5, 5.41) is 4.08. The lowest BCUT2D eigenvalue weighted by Crippen LogP contribution is -1.93. The van der Waals surface area contributed by atoms with Crippen LogP contribution in [-0.2, 0) is 7.05 Å². The van der Waals surface area contributed by atoms with Crippen molar-refractivity contribution in [2.75, 3.05) is 0 Å². The zero-order chi connectivity index (χ0) is 12.6. The van der Waals surface area contributed by atoms with E-state index < -0.39 is 6.43 Å². The summed E-state index contributed by atoms with van der Waals surface area (Å²) < 4.78 is 27.9. The van der Waals surface area contributed by atoms with Gasteiger partial charge in [-0.05, 0) is 28.4 Å². The van der Waals surface area contributed by atoms with Gasteiger partial charge in [-0.15, -0.1) is 0 Å². The molecule has 0 spiro atoms. The number of halogens is 3. The topological polar surface area (TPSA) is 30.7 Å².